The molecule has 0 bridgehead atoms. The molecule has 1 N–H and O–H groups in total. The van der Waals surface area contributed by atoms with Crippen LogP contribution in [0.25, 0.3) is 0 Å². The van der Waals surface area contributed by atoms with Crippen LogP contribution in [0.5, 0.6) is 0 Å². The summed E-state index contributed by atoms with van der Waals surface area (Å²) in [6, 6.07) is 4.14. The van der Waals surface area contributed by atoms with Crippen LogP contribution in [0, 0.1) is 13.8 Å². The van der Waals surface area contributed by atoms with Crippen molar-refractivity contribution in [3.8, 4) is 0 Å². The van der Waals surface area contributed by atoms with Gasteiger partial charge in [0.15, 0.2) is 0 Å². The first-order chi connectivity index (χ1) is 7.20. The van der Waals surface area contributed by atoms with Crippen molar-refractivity contribution in [3.63, 3.8) is 0 Å². The molecule has 1 heterocycles. The molecule has 1 aliphatic heterocycles. The maximum absolute atomic E-state index is 6.18. The van der Waals surface area contributed by atoms with Crippen molar-refractivity contribution in [1.82, 2.24) is 5.32 Å². The Morgan fingerprint density at radius 1 is 1.33 bits per heavy atom. The van der Waals surface area contributed by atoms with E-state index in [2.05, 4.69) is 25.2 Å². The highest BCUT2D eigenvalue weighted by molar-refractivity contribution is 6.31. The second kappa shape index (κ2) is 4.54. The van der Waals surface area contributed by atoms with Crippen molar-refractivity contribution in [1.29, 1.82) is 0 Å². The van der Waals surface area contributed by atoms with Gasteiger partial charge in [-0.3, -0.25) is 0 Å². The number of benzene rings is 1. The molecule has 0 saturated carbocycles. The van der Waals surface area contributed by atoms with Crippen molar-refractivity contribution >= 4 is 11.6 Å². The standard InChI is InChI=1S/C13H18ClN/c1-9-5-6-12(14)10(2)13(9)11-4-3-7-15-8-11/h5-6,11,15H,3-4,7-8H2,1-2H3. The number of halogens is 1. The summed E-state index contributed by atoms with van der Waals surface area (Å²) in [5.74, 6) is 0.650. The highest BCUT2D eigenvalue weighted by atomic mass is 35.5. The van der Waals surface area contributed by atoms with E-state index >= 15 is 0 Å². The van der Waals surface area contributed by atoms with Crippen molar-refractivity contribution in [3.05, 3.63) is 33.8 Å². The van der Waals surface area contributed by atoms with E-state index in [0.29, 0.717) is 5.92 Å². The lowest BCUT2D eigenvalue weighted by Gasteiger charge is -2.26. The van der Waals surface area contributed by atoms with Gasteiger partial charge in [-0.05, 0) is 61.9 Å². The molecule has 2 rings (SSSR count). The summed E-state index contributed by atoms with van der Waals surface area (Å²) >= 11 is 6.18. The third kappa shape index (κ3) is 2.19. The van der Waals surface area contributed by atoms with Gasteiger partial charge < -0.3 is 5.32 Å². The topological polar surface area (TPSA) is 12.0 Å². The van der Waals surface area contributed by atoms with E-state index in [4.69, 9.17) is 11.6 Å². The third-order valence-corrected chi connectivity index (χ3v) is 3.78. The smallest absolute Gasteiger partial charge is 0.0438 e. The Kier molecular flexibility index (Phi) is 3.32. The monoisotopic (exact) mass is 223 g/mol. The van der Waals surface area contributed by atoms with Gasteiger partial charge in [-0.2, -0.15) is 0 Å². The summed E-state index contributed by atoms with van der Waals surface area (Å²) in [6.45, 7) is 6.59. The molecule has 82 valence electrons. The van der Waals surface area contributed by atoms with Gasteiger partial charge in [-0.25, -0.2) is 0 Å². The molecule has 1 aromatic rings. The number of aryl methyl sites for hydroxylation is 1. The lowest BCUT2D eigenvalue weighted by Crippen LogP contribution is -2.29. The molecule has 0 radical (unpaired) electrons. The van der Waals surface area contributed by atoms with Crippen LogP contribution >= 0.6 is 11.6 Å². The molecule has 2 heteroatoms. The molecule has 1 fully saturated rings. The molecule has 1 aliphatic rings. The van der Waals surface area contributed by atoms with Gasteiger partial charge in [0, 0.05) is 11.6 Å². The van der Waals surface area contributed by atoms with Crippen LogP contribution in [0.1, 0.15) is 35.4 Å². The molecule has 1 saturated heterocycles. The molecular weight excluding hydrogens is 206 g/mol. The van der Waals surface area contributed by atoms with Crippen molar-refractivity contribution < 1.29 is 0 Å². The zero-order valence-electron chi connectivity index (χ0n) is 9.44. The first-order valence-electron chi connectivity index (χ1n) is 5.66. The van der Waals surface area contributed by atoms with E-state index < -0.39 is 0 Å². The Labute approximate surface area is 96.8 Å². The first-order valence-corrected chi connectivity index (χ1v) is 6.04. The number of piperidine rings is 1. The highest BCUT2D eigenvalue weighted by Crippen LogP contribution is 2.32. The van der Waals surface area contributed by atoms with Crippen LogP contribution in [-0.2, 0) is 0 Å². The summed E-state index contributed by atoms with van der Waals surface area (Å²) in [5, 5.41) is 4.37. The van der Waals surface area contributed by atoms with E-state index in [1.54, 1.807) is 0 Å². The maximum atomic E-state index is 6.18. The Bertz CT molecular complexity index is 354. The van der Waals surface area contributed by atoms with Crippen LogP contribution in [0.4, 0.5) is 0 Å². The number of hydrogen-bond donors (Lipinski definition) is 1. The number of rotatable bonds is 1. The fourth-order valence-electron chi connectivity index (χ4n) is 2.56. The van der Waals surface area contributed by atoms with Gasteiger partial charge in [0.1, 0.15) is 0 Å². The molecule has 0 aromatic heterocycles. The average molecular weight is 224 g/mol. The minimum absolute atomic E-state index is 0.650. The summed E-state index contributed by atoms with van der Waals surface area (Å²) in [6.07, 6.45) is 2.56. The van der Waals surface area contributed by atoms with Crippen LogP contribution in [0.15, 0.2) is 12.1 Å². The Balaban J connectivity index is 2.36. The predicted molar refractivity (Wildman–Crippen MR) is 65.8 cm³/mol. The maximum Gasteiger partial charge on any atom is 0.0438 e. The average Bonchev–Trinajstić information content (AvgIpc) is 2.26. The fourth-order valence-corrected chi connectivity index (χ4v) is 2.73. The Morgan fingerprint density at radius 3 is 2.80 bits per heavy atom. The summed E-state index contributed by atoms with van der Waals surface area (Å²) in [7, 11) is 0. The molecule has 0 spiro atoms. The van der Waals surface area contributed by atoms with Gasteiger partial charge in [-0.15, -0.1) is 0 Å². The van der Waals surface area contributed by atoms with Gasteiger partial charge in [0.05, 0.1) is 0 Å². The Hall–Kier alpha value is -0.530. The fraction of sp³-hybridized carbons (Fsp3) is 0.538. The molecule has 0 amide bonds. The molecule has 1 atom stereocenters. The number of nitrogens with one attached hydrogen (secondary N) is 1. The lowest BCUT2D eigenvalue weighted by atomic mass is 9.86. The van der Waals surface area contributed by atoms with E-state index in [9.17, 15) is 0 Å². The van der Waals surface area contributed by atoms with Crippen LogP contribution in [-0.4, -0.2) is 13.1 Å². The van der Waals surface area contributed by atoms with Gasteiger partial charge in [0.2, 0.25) is 0 Å². The minimum Gasteiger partial charge on any atom is -0.316 e. The van der Waals surface area contributed by atoms with Crippen molar-refractivity contribution in [2.75, 3.05) is 13.1 Å². The second-order valence-electron chi connectivity index (χ2n) is 4.45. The quantitative estimate of drug-likeness (QED) is 0.770. The van der Waals surface area contributed by atoms with Gasteiger partial charge in [-0.1, -0.05) is 17.7 Å². The van der Waals surface area contributed by atoms with E-state index in [1.165, 1.54) is 29.5 Å². The van der Waals surface area contributed by atoms with Gasteiger partial charge >= 0.3 is 0 Å². The molecule has 1 unspecified atom stereocenters. The SMILES string of the molecule is Cc1ccc(Cl)c(C)c1C1CCCNC1. The summed E-state index contributed by atoms with van der Waals surface area (Å²) in [4.78, 5) is 0. The predicted octanol–water partition coefficient (Wildman–Crippen LogP) is 3.42. The summed E-state index contributed by atoms with van der Waals surface area (Å²) in [5.41, 5.74) is 4.12. The first kappa shape index (κ1) is 11.0. The molecule has 1 nitrogen and oxygen atoms in total. The van der Waals surface area contributed by atoms with Crippen molar-refractivity contribution in [2.24, 2.45) is 0 Å². The van der Waals surface area contributed by atoms with E-state index in [1.807, 2.05) is 6.07 Å². The van der Waals surface area contributed by atoms with Crippen LogP contribution in [0.2, 0.25) is 5.02 Å². The Morgan fingerprint density at radius 2 is 2.13 bits per heavy atom. The lowest BCUT2D eigenvalue weighted by molar-refractivity contribution is 0.459. The number of hydrogen-bond acceptors (Lipinski definition) is 1. The molecule has 15 heavy (non-hydrogen) atoms. The molecule has 1 aromatic carbocycles. The zero-order chi connectivity index (χ0) is 10.8. The van der Waals surface area contributed by atoms with Gasteiger partial charge in [0.25, 0.3) is 0 Å². The minimum atomic E-state index is 0.650. The second-order valence-corrected chi connectivity index (χ2v) is 4.85. The van der Waals surface area contributed by atoms with Crippen molar-refractivity contribution in [2.45, 2.75) is 32.6 Å². The zero-order valence-corrected chi connectivity index (χ0v) is 10.2. The third-order valence-electron chi connectivity index (χ3n) is 3.37. The summed E-state index contributed by atoms with van der Waals surface area (Å²) < 4.78 is 0. The molecular formula is C13H18ClN. The highest BCUT2D eigenvalue weighted by Gasteiger charge is 2.19. The van der Waals surface area contributed by atoms with E-state index in [-0.39, 0.29) is 0 Å². The van der Waals surface area contributed by atoms with Crippen LogP contribution in [0.3, 0.4) is 0 Å². The van der Waals surface area contributed by atoms with E-state index in [0.717, 1.165) is 18.1 Å². The van der Waals surface area contributed by atoms with Crippen LogP contribution < -0.4 is 5.32 Å². The normalized spacial score (nSPS) is 21.7. The largest absolute Gasteiger partial charge is 0.316 e. The molecule has 0 aliphatic carbocycles.